The Morgan fingerprint density at radius 1 is 1.17 bits per heavy atom. The first-order valence-electron chi connectivity index (χ1n) is 7.52. The molecule has 1 fully saturated rings. The second-order valence-corrected chi connectivity index (χ2v) is 5.36. The van der Waals surface area contributed by atoms with Crippen molar-refractivity contribution in [3.63, 3.8) is 0 Å². The van der Waals surface area contributed by atoms with Gasteiger partial charge in [-0.05, 0) is 25.9 Å². The largest absolute Gasteiger partial charge is 0.381 e. The number of aromatic nitrogens is 3. The van der Waals surface area contributed by atoms with Crippen LogP contribution in [0.2, 0.25) is 0 Å². The number of nitrogens with two attached hydrogens (primary N) is 1. The minimum atomic E-state index is -0.500. The molecule has 23 heavy (non-hydrogen) atoms. The molecule has 1 saturated heterocycles. The Bertz CT molecular complexity index is 671. The van der Waals surface area contributed by atoms with Gasteiger partial charge in [-0.1, -0.05) is 0 Å². The van der Waals surface area contributed by atoms with Crippen LogP contribution in [0, 0.1) is 0 Å². The molecule has 8 heteroatoms. The molecule has 2 aromatic rings. The van der Waals surface area contributed by atoms with Gasteiger partial charge >= 0.3 is 0 Å². The summed E-state index contributed by atoms with van der Waals surface area (Å²) in [6.07, 6.45) is 8.25. The average molecular weight is 313 g/mol. The van der Waals surface area contributed by atoms with Gasteiger partial charge in [0.05, 0.1) is 17.4 Å². The van der Waals surface area contributed by atoms with Gasteiger partial charge < -0.3 is 21.7 Å². The van der Waals surface area contributed by atoms with E-state index in [2.05, 4.69) is 30.9 Å². The molecule has 0 aliphatic carbocycles. The van der Waals surface area contributed by atoms with Crippen molar-refractivity contribution in [2.24, 2.45) is 5.73 Å². The van der Waals surface area contributed by atoms with Crippen molar-refractivity contribution in [1.82, 2.24) is 20.3 Å². The van der Waals surface area contributed by atoms with Crippen LogP contribution in [-0.4, -0.2) is 40.0 Å². The van der Waals surface area contributed by atoms with Crippen LogP contribution in [0.4, 0.5) is 17.3 Å². The Kier molecular flexibility index (Phi) is 4.62. The smallest absolute Gasteiger partial charge is 0.252 e. The number of rotatable bonds is 5. The first-order chi connectivity index (χ1) is 11.2. The van der Waals surface area contributed by atoms with Gasteiger partial charge in [0.1, 0.15) is 11.6 Å². The van der Waals surface area contributed by atoms with Gasteiger partial charge in [-0.15, -0.1) is 0 Å². The molecule has 0 aromatic carbocycles. The van der Waals surface area contributed by atoms with Gasteiger partial charge in [0, 0.05) is 30.7 Å². The third-order valence-electron chi connectivity index (χ3n) is 3.69. The molecule has 3 heterocycles. The molecule has 8 nitrogen and oxygen atoms in total. The van der Waals surface area contributed by atoms with Gasteiger partial charge in [0.2, 0.25) is 0 Å². The van der Waals surface area contributed by atoms with Crippen molar-refractivity contribution in [3.8, 4) is 0 Å². The third-order valence-corrected chi connectivity index (χ3v) is 3.69. The lowest BCUT2D eigenvalue weighted by atomic mass is 10.1. The van der Waals surface area contributed by atoms with E-state index in [-0.39, 0.29) is 0 Å². The highest BCUT2D eigenvalue weighted by Gasteiger charge is 2.17. The summed E-state index contributed by atoms with van der Waals surface area (Å²) in [6.45, 7) is 1.92. The van der Waals surface area contributed by atoms with E-state index < -0.39 is 5.91 Å². The quantitative estimate of drug-likeness (QED) is 0.647. The predicted octanol–water partition coefficient (Wildman–Crippen LogP) is 0.878. The van der Waals surface area contributed by atoms with Crippen LogP contribution < -0.4 is 21.7 Å². The van der Waals surface area contributed by atoms with E-state index >= 15 is 0 Å². The summed E-state index contributed by atoms with van der Waals surface area (Å²) in [7, 11) is 0. The van der Waals surface area contributed by atoms with E-state index in [1.807, 2.05) is 0 Å². The highest BCUT2D eigenvalue weighted by atomic mass is 16.1. The number of carbonyl (C=O) groups is 1. The van der Waals surface area contributed by atoms with Crippen LogP contribution in [0.5, 0.6) is 0 Å². The van der Waals surface area contributed by atoms with Crippen molar-refractivity contribution in [1.29, 1.82) is 0 Å². The van der Waals surface area contributed by atoms with Crippen LogP contribution in [0.15, 0.2) is 30.9 Å². The second-order valence-electron chi connectivity index (χ2n) is 5.36. The molecular formula is C15H19N7O. The van der Waals surface area contributed by atoms with Gasteiger partial charge in [-0.25, -0.2) is 9.97 Å². The molecule has 0 atom stereocenters. The molecule has 0 bridgehead atoms. The first-order valence-corrected chi connectivity index (χ1v) is 7.52. The molecular weight excluding hydrogens is 294 g/mol. The molecule has 1 aliphatic rings. The van der Waals surface area contributed by atoms with E-state index in [4.69, 9.17) is 5.73 Å². The Hall–Kier alpha value is -2.74. The lowest BCUT2D eigenvalue weighted by Crippen LogP contribution is -2.35. The third kappa shape index (κ3) is 3.92. The number of nitrogens with one attached hydrogen (secondary N) is 3. The Morgan fingerprint density at radius 3 is 2.70 bits per heavy atom. The summed E-state index contributed by atoms with van der Waals surface area (Å²) in [5, 5.41) is 9.77. The van der Waals surface area contributed by atoms with Crippen LogP contribution in [0.25, 0.3) is 0 Å². The lowest BCUT2D eigenvalue weighted by molar-refractivity contribution is 0.100. The van der Waals surface area contributed by atoms with Crippen molar-refractivity contribution >= 4 is 23.2 Å². The number of hydrogen-bond acceptors (Lipinski definition) is 7. The number of carbonyl (C=O) groups excluding carboxylic acids is 1. The molecule has 1 amide bonds. The molecule has 0 spiro atoms. The molecule has 1 aliphatic heterocycles. The maximum atomic E-state index is 11.6. The molecule has 0 unspecified atom stereocenters. The number of pyridine rings is 1. The summed E-state index contributed by atoms with van der Waals surface area (Å²) in [6, 6.07) is 2.08. The number of nitrogens with zero attached hydrogens (tertiary/aromatic N) is 3. The van der Waals surface area contributed by atoms with E-state index in [0.717, 1.165) is 25.9 Å². The Labute approximate surface area is 133 Å². The molecule has 5 N–H and O–H groups in total. The Morgan fingerprint density at radius 2 is 2.00 bits per heavy atom. The van der Waals surface area contributed by atoms with Crippen LogP contribution in [0.1, 0.15) is 23.2 Å². The maximum absolute atomic E-state index is 11.6. The second kappa shape index (κ2) is 7.01. The van der Waals surface area contributed by atoms with Crippen molar-refractivity contribution < 1.29 is 4.79 Å². The fraction of sp³-hybridized carbons (Fsp3) is 0.333. The number of anilines is 3. The highest BCUT2D eigenvalue weighted by molar-refractivity contribution is 5.98. The summed E-state index contributed by atoms with van der Waals surface area (Å²) < 4.78 is 0. The van der Waals surface area contributed by atoms with E-state index in [1.165, 1.54) is 6.20 Å². The van der Waals surface area contributed by atoms with Crippen LogP contribution in [-0.2, 0) is 0 Å². The molecule has 0 radical (unpaired) electrons. The van der Waals surface area contributed by atoms with Crippen molar-refractivity contribution in [2.75, 3.05) is 23.7 Å². The topological polar surface area (TPSA) is 118 Å². The average Bonchev–Trinajstić information content (AvgIpc) is 2.57. The standard InChI is InChI=1S/C15H19N7O/c16-15(23)11-8-20-13(22-14-9-18-5-6-19-14)7-12(11)21-10-1-3-17-4-2-10/h5-10,17H,1-4H2,(H2,16,23)(H2,19,20,21,22). The maximum Gasteiger partial charge on any atom is 0.252 e. The Balaban J connectivity index is 1.82. The summed E-state index contributed by atoms with van der Waals surface area (Å²) in [5.74, 6) is 0.659. The number of amides is 1. The lowest BCUT2D eigenvalue weighted by Gasteiger charge is -2.25. The number of hydrogen-bond donors (Lipinski definition) is 4. The molecule has 0 saturated carbocycles. The van der Waals surface area contributed by atoms with Crippen LogP contribution in [0.3, 0.4) is 0 Å². The van der Waals surface area contributed by atoms with Gasteiger partial charge in [0.25, 0.3) is 5.91 Å². The zero-order valence-electron chi connectivity index (χ0n) is 12.6. The number of primary amides is 1. The summed E-state index contributed by atoms with van der Waals surface area (Å²) in [5.41, 5.74) is 6.52. The van der Waals surface area contributed by atoms with E-state index in [0.29, 0.717) is 28.9 Å². The summed E-state index contributed by atoms with van der Waals surface area (Å²) >= 11 is 0. The van der Waals surface area contributed by atoms with Gasteiger partial charge in [-0.3, -0.25) is 9.78 Å². The number of piperidine rings is 1. The van der Waals surface area contributed by atoms with Crippen LogP contribution >= 0.6 is 0 Å². The highest BCUT2D eigenvalue weighted by Crippen LogP contribution is 2.22. The van der Waals surface area contributed by atoms with Gasteiger partial charge in [-0.2, -0.15) is 0 Å². The minimum absolute atomic E-state index is 0.307. The zero-order chi connectivity index (χ0) is 16.1. The molecule has 120 valence electrons. The first kappa shape index (κ1) is 15.2. The van der Waals surface area contributed by atoms with Gasteiger partial charge in [0.15, 0.2) is 0 Å². The normalized spacial score (nSPS) is 15.1. The molecule has 3 rings (SSSR count). The predicted molar refractivity (Wildman–Crippen MR) is 87.6 cm³/mol. The fourth-order valence-electron chi connectivity index (χ4n) is 2.52. The van der Waals surface area contributed by atoms with Crippen molar-refractivity contribution in [3.05, 3.63) is 36.4 Å². The monoisotopic (exact) mass is 313 g/mol. The zero-order valence-corrected chi connectivity index (χ0v) is 12.6. The SMILES string of the molecule is NC(=O)c1cnc(Nc2cnccn2)cc1NC1CCNCC1. The summed E-state index contributed by atoms with van der Waals surface area (Å²) in [4.78, 5) is 24.0. The molecule has 2 aromatic heterocycles. The minimum Gasteiger partial charge on any atom is -0.381 e. The van der Waals surface area contributed by atoms with E-state index in [9.17, 15) is 4.79 Å². The van der Waals surface area contributed by atoms with E-state index in [1.54, 1.807) is 24.7 Å². The van der Waals surface area contributed by atoms with Crippen molar-refractivity contribution in [2.45, 2.75) is 18.9 Å². The fourth-order valence-corrected chi connectivity index (χ4v) is 2.52.